The van der Waals surface area contributed by atoms with Crippen LogP contribution in [0.15, 0.2) is 24.3 Å². The molecule has 0 amide bonds. The molecular formula is C14H23NO2. The Bertz CT molecular complexity index is 276. The molecule has 0 spiro atoms. The van der Waals surface area contributed by atoms with Crippen LogP contribution in [-0.2, 0) is 9.47 Å². The van der Waals surface area contributed by atoms with Crippen LogP contribution >= 0.6 is 0 Å². The van der Waals surface area contributed by atoms with Crippen LogP contribution in [0.3, 0.4) is 0 Å². The number of hydrogen-bond acceptors (Lipinski definition) is 3. The molecule has 1 atom stereocenters. The molecule has 96 valence electrons. The molecule has 3 nitrogen and oxygen atoms in total. The standard InChI is InChI=1S/C14H23NO2/c1-12(2)14(6-5-9-15)8-7-13(3)10-17-11-16-4/h7-8,12,14H,3,5-6,10-11H2,1-2,4H3/b8-7+. The molecule has 0 aliphatic heterocycles. The first kappa shape index (κ1) is 15.9. The van der Waals surface area contributed by atoms with Gasteiger partial charge in [-0.2, -0.15) is 5.26 Å². The molecular weight excluding hydrogens is 214 g/mol. The van der Waals surface area contributed by atoms with Crippen molar-refractivity contribution in [2.24, 2.45) is 11.8 Å². The lowest BCUT2D eigenvalue weighted by molar-refractivity contribution is -0.0203. The second-order valence-electron chi connectivity index (χ2n) is 4.38. The molecule has 0 fully saturated rings. The second-order valence-corrected chi connectivity index (χ2v) is 4.38. The minimum atomic E-state index is 0.287. The van der Waals surface area contributed by atoms with Gasteiger partial charge in [0.25, 0.3) is 0 Å². The molecule has 3 heteroatoms. The van der Waals surface area contributed by atoms with Crippen LogP contribution in [0.4, 0.5) is 0 Å². The molecule has 17 heavy (non-hydrogen) atoms. The Morgan fingerprint density at radius 1 is 1.47 bits per heavy atom. The number of nitrogens with zero attached hydrogens (tertiary/aromatic N) is 1. The van der Waals surface area contributed by atoms with Crippen LogP contribution in [-0.4, -0.2) is 20.5 Å². The topological polar surface area (TPSA) is 42.2 Å². The van der Waals surface area contributed by atoms with Crippen LogP contribution < -0.4 is 0 Å². The van der Waals surface area contributed by atoms with Gasteiger partial charge >= 0.3 is 0 Å². The van der Waals surface area contributed by atoms with Crippen molar-refractivity contribution in [2.45, 2.75) is 26.7 Å². The number of rotatable bonds is 9. The third-order valence-corrected chi connectivity index (χ3v) is 2.51. The quantitative estimate of drug-likeness (QED) is 0.351. The third-order valence-electron chi connectivity index (χ3n) is 2.51. The van der Waals surface area contributed by atoms with E-state index >= 15 is 0 Å². The smallest absolute Gasteiger partial charge is 0.146 e. The molecule has 0 saturated carbocycles. The zero-order chi connectivity index (χ0) is 13.1. The van der Waals surface area contributed by atoms with E-state index in [0.29, 0.717) is 24.9 Å². The molecule has 0 heterocycles. The van der Waals surface area contributed by atoms with Gasteiger partial charge < -0.3 is 9.47 Å². The molecule has 0 aromatic carbocycles. The van der Waals surface area contributed by atoms with Crippen molar-refractivity contribution in [1.82, 2.24) is 0 Å². The Morgan fingerprint density at radius 2 is 2.18 bits per heavy atom. The summed E-state index contributed by atoms with van der Waals surface area (Å²) >= 11 is 0. The highest BCUT2D eigenvalue weighted by Gasteiger charge is 2.09. The molecule has 0 rings (SSSR count). The average Bonchev–Trinajstić information content (AvgIpc) is 2.29. The number of allylic oxidation sites excluding steroid dienone is 1. The molecule has 0 N–H and O–H groups in total. The van der Waals surface area contributed by atoms with Gasteiger partial charge in [0.05, 0.1) is 12.7 Å². The van der Waals surface area contributed by atoms with Crippen molar-refractivity contribution < 1.29 is 9.47 Å². The summed E-state index contributed by atoms with van der Waals surface area (Å²) in [4.78, 5) is 0. The van der Waals surface area contributed by atoms with Crippen molar-refractivity contribution in [2.75, 3.05) is 20.5 Å². The SMILES string of the molecule is C=C(/C=C/C(CCC#N)C(C)C)COCOC. The lowest BCUT2D eigenvalue weighted by atomic mass is 9.90. The number of nitriles is 1. The first-order valence-electron chi connectivity index (χ1n) is 5.91. The minimum Gasteiger partial charge on any atom is -0.359 e. The fraction of sp³-hybridized carbons (Fsp3) is 0.643. The van der Waals surface area contributed by atoms with Gasteiger partial charge in [-0.25, -0.2) is 0 Å². The lowest BCUT2D eigenvalue weighted by Gasteiger charge is -2.15. The van der Waals surface area contributed by atoms with Gasteiger partial charge in [-0.1, -0.05) is 32.6 Å². The van der Waals surface area contributed by atoms with E-state index in [0.717, 1.165) is 12.0 Å². The monoisotopic (exact) mass is 237 g/mol. The van der Waals surface area contributed by atoms with Crippen molar-refractivity contribution in [3.63, 3.8) is 0 Å². The van der Waals surface area contributed by atoms with Gasteiger partial charge in [0, 0.05) is 13.5 Å². The van der Waals surface area contributed by atoms with E-state index < -0.39 is 0 Å². The van der Waals surface area contributed by atoms with E-state index in [-0.39, 0.29) is 6.79 Å². The van der Waals surface area contributed by atoms with Gasteiger partial charge in [0.15, 0.2) is 0 Å². The summed E-state index contributed by atoms with van der Waals surface area (Å²) in [6.45, 7) is 9.00. The Morgan fingerprint density at radius 3 is 2.71 bits per heavy atom. The van der Waals surface area contributed by atoms with E-state index in [4.69, 9.17) is 14.7 Å². The molecule has 0 aromatic heterocycles. The Labute approximate surface area is 105 Å². The van der Waals surface area contributed by atoms with E-state index in [1.807, 2.05) is 6.08 Å². The fourth-order valence-corrected chi connectivity index (χ4v) is 1.45. The van der Waals surface area contributed by atoms with Gasteiger partial charge in [-0.05, 0) is 23.8 Å². The van der Waals surface area contributed by atoms with Gasteiger partial charge in [-0.15, -0.1) is 0 Å². The van der Waals surface area contributed by atoms with Crippen molar-refractivity contribution >= 4 is 0 Å². The highest BCUT2D eigenvalue weighted by molar-refractivity contribution is 5.15. The predicted molar refractivity (Wildman–Crippen MR) is 69.3 cm³/mol. The largest absolute Gasteiger partial charge is 0.359 e. The van der Waals surface area contributed by atoms with Crippen LogP contribution in [0, 0.1) is 23.2 Å². The molecule has 0 aliphatic rings. The van der Waals surface area contributed by atoms with E-state index in [2.05, 4.69) is 32.6 Å². The average molecular weight is 237 g/mol. The first-order valence-corrected chi connectivity index (χ1v) is 5.91. The molecule has 0 saturated heterocycles. The Balaban J connectivity index is 4.06. The van der Waals surface area contributed by atoms with E-state index in [1.54, 1.807) is 7.11 Å². The normalized spacial score (nSPS) is 12.9. The zero-order valence-corrected chi connectivity index (χ0v) is 11.1. The molecule has 0 aliphatic carbocycles. The molecule has 1 unspecified atom stereocenters. The van der Waals surface area contributed by atoms with Gasteiger partial charge in [0.1, 0.15) is 6.79 Å². The second kappa shape index (κ2) is 10.1. The summed E-state index contributed by atoms with van der Waals surface area (Å²) in [7, 11) is 1.59. The number of methoxy groups -OCH3 is 1. The highest BCUT2D eigenvalue weighted by atomic mass is 16.7. The van der Waals surface area contributed by atoms with E-state index in [9.17, 15) is 0 Å². The van der Waals surface area contributed by atoms with Crippen LogP contribution in [0.5, 0.6) is 0 Å². The third kappa shape index (κ3) is 8.67. The zero-order valence-electron chi connectivity index (χ0n) is 11.1. The summed E-state index contributed by atoms with van der Waals surface area (Å²) in [5.74, 6) is 0.959. The van der Waals surface area contributed by atoms with Gasteiger partial charge in [0.2, 0.25) is 0 Å². The van der Waals surface area contributed by atoms with E-state index in [1.165, 1.54) is 0 Å². The maximum atomic E-state index is 8.59. The maximum absolute atomic E-state index is 8.59. The van der Waals surface area contributed by atoms with Crippen molar-refractivity contribution in [3.05, 3.63) is 24.3 Å². The summed E-state index contributed by atoms with van der Waals surface area (Å²) < 4.78 is 9.98. The lowest BCUT2D eigenvalue weighted by Crippen LogP contribution is -2.06. The Hall–Kier alpha value is -1.11. The fourth-order valence-electron chi connectivity index (χ4n) is 1.45. The first-order chi connectivity index (χ1) is 8.11. The van der Waals surface area contributed by atoms with Gasteiger partial charge in [-0.3, -0.25) is 0 Å². The Kier molecular flexibility index (Phi) is 9.41. The summed E-state index contributed by atoms with van der Waals surface area (Å²) in [5, 5.41) is 8.59. The van der Waals surface area contributed by atoms with Crippen LogP contribution in [0.2, 0.25) is 0 Å². The molecule has 0 aromatic rings. The predicted octanol–water partition coefficient (Wildman–Crippen LogP) is 3.30. The number of hydrogen-bond donors (Lipinski definition) is 0. The van der Waals surface area contributed by atoms with Crippen molar-refractivity contribution in [1.29, 1.82) is 5.26 Å². The summed E-state index contributed by atoms with van der Waals surface area (Å²) in [6.07, 6.45) is 5.61. The number of ether oxygens (including phenoxy) is 2. The van der Waals surface area contributed by atoms with Crippen LogP contribution in [0.25, 0.3) is 0 Å². The minimum absolute atomic E-state index is 0.287. The van der Waals surface area contributed by atoms with Crippen molar-refractivity contribution in [3.8, 4) is 6.07 Å². The molecule has 0 radical (unpaired) electrons. The molecule has 0 bridgehead atoms. The van der Waals surface area contributed by atoms with Crippen LogP contribution in [0.1, 0.15) is 26.7 Å². The summed E-state index contributed by atoms with van der Waals surface area (Å²) in [6, 6.07) is 2.19. The highest BCUT2D eigenvalue weighted by Crippen LogP contribution is 2.19. The maximum Gasteiger partial charge on any atom is 0.146 e. The summed E-state index contributed by atoms with van der Waals surface area (Å²) in [5.41, 5.74) is 0.921.